The van der Waals surface area contributed by atoms with Gasteiger partial charge in [-0.1, -0.05) is 12.1 Å². The normalized spacial score (nSPS) is 12.9. The van der Waals surface area contributed by atoms with Gasteiger partial charge >= 0.3 is 0 Å². The van der Waals surface area contributed by atoms with Crippen molar-refractivity contribution in [1.82, 2.24) is 4.98 Å². The average Bonchev–Trinajstić information content (AvgIpc) is 2.39. The summed E-state index contributed by atoms with van der Waals surface area (Å²) in [4.78, 5) is 4.14. The van der Waals surface area contributed by atoms with Gasteiger partial charge in [-0.05, 0) is 36.8 Å². The Labute approximate surface area is 112 Å². The van der Waals surface area contributed by atoms with Crippen molar-refractivity contribution >= 4 is 15.7 Å². The average molecular weight is 277 g/mol. The largest absolute Gasteiger partial charge is 0.377 e. The minimum Gasteiger partial charge on any atom is -0.377 e. The van der Waals surface area contributed by atoms with E-state index in [0.717, 1.165) is 11.3 Å². The summed E-state index contributed by atoms with van der Waals surface area (Å²) in [7, 11) is -3.63. The predicted octanol–water partition coefficient (Wildman–Crippen LogP) is 1.90. The molecule has 0 saturated heterocycles. The van der Waals surface area contributed by atoms with Gasteiger partial charge in [-0.25, -0.2) is 13.6 Å². The molecular formula is C13H15N3O2S. The predicted molar refractivity (Wildman–Crippen MR) is 74.1 cm³/mol. The number of benzene rings is 1. The van der Waals surface area contributed by atoms with Crippen LogP contribution in [0.15, 0.2) is 53.7 Å². The van der Waals surface area contributed by atoms with Crippen LogP contribution in [-0.2, 0) is 10.0 Å². The second-order valence-electron chi connectivity index (χ2n) is 4.22. The van der Waals surface area contributed by atoms with Gasteiger partial charge in [0.05, 0.1) is 10.6 Å². The molecule has 0 aliphatic rings. The lowest BCUT2D eigenvalue weighted by molar-refractivity contribution is 0.597. The smallest absolute Gasteiger partial charge is 0.238 e. The molecule has 0 spiro atoms. The minimum atomic E-state index is -3.63. The Morgan fingerprint density at radius 2 is 1.89 bits per heavy atom. The van der Waals surface area contributed by atoms with E-state index < -0.39 is 10.0 Å². The summed E-state index contributed by atoms with van der Waals surface area (Å²) >= 11 is 0. The summed E-state index contributed by atoms with van der Waals surface area (Å²) in [5.41, 5.74) is 1.88. The molecule has 0 saturated carbocycles. The topological polar surface area (TPSA) is 85.1 Å². The van der Waals surface area contributed by atoms with Crippen LogP contribution >= 0.6 is 0 Å². The van der Waals surface area contributed by atoms with Crippen LogP contribution in [0.1, 0.15) is 18.5 Å². The number of primary sulfonamides is 1. The highest BCUT2D eigenvalue weighted by Crippen LogP contribution is 2.19. The molecule has 0 bridgehead atoms. The molecule has 5 nitrogen and oxygen atoms in total. The summed E-state index contributed by atoms with van der Waals surface area (Å²) in [6.45, 7) is 1.99. The van der Waals surface area contributed by atoms with E-state index >= 15 is 0 Å². The third-order valence-electron chi connectivity index (χ3n) is 2.75. The van der Waals surface area contributed by atoms with Crippen LogP contribution < -0.4 is 10.5 Å². The maximum absolute atomic E-state index is 11.2. The molecule has 0 aliphatic carbocycles. The number of nitrogens with zero attached hydrogens (tertiary/aromatic N) is 1. The van der Waals surface area contributed by atoms with E-state index in [1.807, 2.05) is 19.1 Å². The Morgan fingerprint density at radius 3 is 2.42 bits per heavy atom. The zero-order valence-corrected chi connectivity index (χ0v) is 11.3. The summed E-state index contributed by atoms with van der Waals surface area (Å²) < 4.78 is 22.3. The fourth-order valence-electron chi connectivity index (χ4n) is 1.73. The van der Waals surface area contributed by atoms with Crippen molar-refractivity contribution in [2.24, 2.45) is 5.14 Å². The molecule has 0 radical (unpaired) electrons. The van der Waals surface area contributed by atoms with E-state index in [1.54, 1.807) is 24.5 Å². The number of aromatic nitrogens is 1. The van der Waals surface area contributed by atoms with Crippen molar-refractivity contribution in [3.05, 3.63) is 54.4 Å². The zero-order valence-electron chi connectivity index (χ0n) is 10.4. The molecule has 1 unspecified atom stereocenters. The van der Waals surface area contributed by atoms with Gasteiger partial charge in [0.1, 0.15) is 0 Å². The van der Waals surface area contributed by atoms with E-state index in [2.05, 4.69) is 10.3 Å². The lowest BCUT2D eigenvalue weighted by atomic mass is 10.1. The fraction of sp³-hybridized carbons (Fsp3) is 0.154. The van der Waals surface area contributed by atoms with Crippen LogP contribution in [0, 0.1) is 0 Å². The summed E-state index contributed by atoms with van der Waals surface area (Å²) in [6, 6.07) is 10.3. The van der Waals surface area contributed by atoms with Crippen molar-refractivity contribution in [1.29, 1.82) is 0 Å². The molecule has 2 aromatic rings. The van der Waals surface area contributed by atoms with E-state index in [4.69, 9.17) is 5.14 Å². The molecule has 1 aromatic heterocycles. The highest BCUT2D eigenvalue weighted by atomic mass is 32.2. The Bertz CT molecular complexity index is 639. The van der Waals surface area contributed by atoms with E-state index in [1.165, 1.54) is 12.1 Å². The van der Waals surface area contributed by atoms with Crippen LogP contribution in [-0.4, -0.2) is 13.4 Å². The Hall–Kier alpha value is -1.92. The van der Waals surface area contributed by atoms with Crippen LogP contribution in [0.4, 0.5) is 5.69 Å². The molecule has 0 amide bonds. The first-order chi connectivity index (χ1) is 8.97. The molecule has 100 valence electrons. The van der Waals surface area contributed by atoms with E-state index in [9.17, 15) is 8.42 Å². The van der Waals surface area contributed by atoms with Crippen molar-refractivity contribution < 1.29 is 8.42 Å². The van der Waals surface area contributed by atoms with Crippen molar-refractivity contribution in [3.8, 4) is 0 Å². The fourth-order valence-corrected chi connectivity index (χ4v) is 2.24. The number of pyridine rings is 1. The summed E-state index contributed by atoms with van der Waals surface area (Å²) in [5.74, 6) is 0. The molecule has 19 heavy (non-hydrogen) atoms. The Kier molecular flexibility index (Phi) is 3.82. The molecule has 2 rings (SSSR count). The molecule has 1 atom stereocenters. The van der Waals surface area contributed by atoms with Crippen LogP contribution in [0.25, 0.3) is 0 Å². The van der Waals surface area contributed by atoms with Crippen LogP contribution in [0.2, 0.25) is 0 Å². The van der Waals surface area contributed by atoms with Crippen molar-refractivity contribution in [2.45, 2.75) is 17.9 Å². The monoisotopic (exact) mass is 277 g/mol. The van der Waals surface area contributed by atoms with Crippen molar-refractivity contribution in [3.63, 3.8) is 0 Å². The molecular weight excluding hydrogens is 262 g/mol. The number of nitrogens with one attached hydrogen (secondary N) is 1. The van der Waals surface area contributed by atoms with Gasteiger partial charge in [-0.15, -0.1) is 0 Å². The third kappa shape index (κ3) is 3.52. The number of hydrogen-bond acceptors (Lipinski definition) is 4. The maximum Gasteiger partial charge on any atom is 0.238 e. The lowest BCUT2D eigenvalue weighted by Gasteiger charge is -2.15. The highest BCUT2D eigenvalue weighted by Gasteiger charge is 2.09. The van der Waals surface area contributed by atoms with Gasteiger partial charge < -0.3 is 5.32 Å². The molecule has 0 fully saturated rings. The molecule has 1 heterocycles. The quantitative estimate of drug-likeness (QED) is 0.893. The number of anilines is 1. The SMILES string of the molecule is CC(Nc1cccnc1)c1ccc(S(N)(=O)=O)cc1. The van der Waals surface area contributed by atoms with Gasteiger partial charge in [0.25, 0.3) is 0 Å². The first-order valence-corrected chi connectivity index (χ1v) is 7.31. The maximum atomic E-state index is 11.2. The van der Waals surface area contributed by atoms with Crippen LogP contribution in [0.3, 0.4) is 0 Å². The number of nitrogens with two attached hydrogens (primary N) is 1. The minimum absolute atomic E-state index is 0.0405. The molecule has 6 heteroatoms. The molecule has 0 aliphatic heterocycles. The Morgan fingerprint density at radius 1 is 1.21 bits per heavy atom. The number of hydrogen-bond donors (Lipinski definition) is 2. The van der Waals surface area contributed by atoms with Gasteiger partial charge in [0.15, 0.2) is 0 Å². The number of rotatable bonds is 4. The number of sulfonamides is 1. The summed E-state index contributed by atoms with van der Waals surface area (Å²) in [6.07, 6.45) is 3.44. The first kappa shape index (κ1) is 13.5. The van der Waals surface area contributed by atoms with Gasteiger partial charge in [0.2, 0.25) is 10.0 Å². The molecule has 1 aromatic carbocycles. The lowest BCUT2D eigenvalue weighted by Crippen LogP contribution is -2.12. The molecule has 3 N–H and O–H groups in total. The van der Waals surface area contributed by atoms with E-state index in [-0.39, 0.29) is 10.9 Å². The van der Waals surface area contributed by atoms with Gasteiger partial charge in [0, 0.05) is 18.4 Å². The zero-order chi connectivity index (χ0) is 13.9. The standard InChI is InChI=1S/C13H15N3O2S/c1-10(16-12-3-2-8-15-9-12)11-4-6-13(7-5-11)19(14,17)18/h2-10,16H,1H3,(H2,14,17,18). The van der Waals surface area contributed by atoms with E-state index in [0.29, 0.717) is 0 Å². The van der Waals surface area contributed by atoms with Gasteiger partial charge in [-0.2, -0.15) is 0 Å². The second kappa shape index (κ2) is 5.38. The second-order valence-corrected chi connectivity index (χ2v) is 5.78. The highest BCUT2D eigenvalue weighted by molar-refractivity contribution is 7.89. The first-order valence-electron chi connectivity index (χ1n) is 5.76. The van der Waals surface area contributed by atoms with Crippen LogP contribution in [0.5, 0.6) is 0 Å². The third-order valence-corrected chi connectivity index (χ3v) is 3.68. The van der Waals surface area contributed by atoms with Gasteiger partial charge in [-0.3, -0.25) is 4.98 Å². The summed E-state index contributed by atoms with van der Waals surface area (Å²) in [5, 5.41) is 8.33. The van der Waals surface area contributed by atoms with Crippen molar-refractivity contribution in [2.75, 3.05) is 5.32 Å². The Balaban J connectivity index is 2.14.